The van der Waals surface area contributed by atoms with Crippen LogP contribution in [-0.2, 0) is 4.79 Å². The molecule has 2 atom stereocenters. The second-order valence-corrected chi connectivity index (χ2v) is 10.4. The number of carbonyl (C=O) groups excluding carboxylic acids is 1. The van der Waals surface area contributed by atoms with E-state index in [-0.39, 0.29) is 11.7 Å². The number of nitrogens with one attached hydrogen (secondary N) is 2. The summed E-state index contributed by atoms with van der Waals surface area (Å²) < 4.78 is 28.9. The minimum Gasteiger partial charge on any atom is -0.493 e. The van der Waals surface area contributed by atoms with Gasteiger partial charge in [0, 0.05) is 17.7 Å². The number of ketones is 1. The van der Waals surface area contributed by atoms with E-state index in [0.29, 0.717) is 53.8 Å². The first kappa shape index (κ1) is 27.7. The molecule has 5 rings (SSSR count). The van der Waals surface area contributed by atoms with Crippen molar-refractivity contribution in [3.05, 3.63) is 75.4 Å². The summed E-state index contributed by atoms with van der Waals surface area (Å²) in [4.78, 5) is 14.0. The lowest BCUT2D eigenvalue weighted by Crippen LogP contribution is -2.27. The topological polar surface area (TPSA) is 87.3 Å². The number of hydrogen-bond acceptors (Lipinski definition) is 8. The van der Waals surface area contributed by atoms with Gasteiger partial charge in [0.2, 0.25) is 5.75 Å². The number of rotatable bonds is 8. The molecule has 8 nitrogen and oxygen atoms in total. The van der Waals surface area contributed by atoms with Crippen LogP contribution in [0, 0.1) is 0 Å². The van der Waals surface area contributed by atoms with Crippen LogP contribution in [0.1, 0.15) is 42.9 Å². The highest BCUT2D eigenvalue weighted by atomic mass is 79.9. The number of allylic oxidation sites excluding steroid dienone is 1. The molecule has 3 aromatic rings. The molecule has 0 saturated carbocycles. The minimum absolute atomic E-state index is 0.0572. The zero-order valence-electron chi connectivity index (χ0n) is 23.2. The van der Waals surface area contributed by atoms with Crippen LogP contribution in [0.25, 0.3) is 0 Å². The molecule has 0 bridgehead atoms. The average molecular weight is 610 g/mol. The van der Waals surface area contributed by atoms with E-state index in [4.69, 9.17) is 23.7 Å². The summed E-state index contributed by atoms with van der Waals surface area (Å²) in [6.07, 6.45) is 0.963. The predicted octanol–water partition coefficient (Wildman–Crippen LogP) is 6.86. The van der Waals surface area contributed by atoms with Crippen LogP contribution in [0.4, 0.5) is 11.4 Å². The molecule has 0 spiro atoms. The maximum atomic E-state index is 14.0. The smallest absolute Gasteiger partial charge is 0.203 e. The number of para-hydroxylation sites is 2. The number of ether oxygens (including phenoxy) is 5. The van der Waals surface area contributed by atoms with Gasteiger partial charge in [-0.3, -0.25) is 4.79 Å². The summed E-state index contributed by atoms with van der Waals surface area (Å²) in [6.45, 7) is 2.43. The molecule has 0 radical (unpaired) electrons. The Morgan fingerprint density at radius 3 is 2.08 bits per heavy atom. The van der Waals surface area contributed by atoms with Crippen LogP contribution < -0.4 is 34.3 Å². The highest BCUT2D eigenvalue weighted by molar-refractivity contribution is 9.10. The molecule has 0 amide bonds. The third-order valence-corrected chi connectivity index (χ3v) is 7.93. The number of carbonyl (C=O) groups is 1. The minimum atomic E-state index is -0.402. The van der Waals surface area contributed by atoms with Gasteiger partial charge in [-0.2, -0.15) is 0 Å². The van der Waals surface area contributed by atoms with E-state index in [1.807, 2.05) is 55.5 Å². The first-order valence-corrected chi connectivity index (χ1v) is 13.9. The van der Waals surface area contributed by atoms with E-state index < -0.39 is 6.04 Å². The van der Waals surface area contributed by atoms with Crippen molar-refractivity contribution in [1.29, 1.82) is 0 Å². The second kappa shape index (κ2) is 11.7. The largest absolute Gasteiger partial charge is 0.493 e. The van der Waals surface area contributed by atoms with Crippen LogP contribution in [0.3, 0.4) is 0 Å². The van der Waals surface area contributed by atoms with Gasteiger partial charge in [-0.25, -0.2) is 0 Å². The van der Waals surface area contributed by atoms with Gasteiger partial charge in [-0.1, -0.05) is 12.1 Å². The Bertz CT molecular complexity index is 1450. The van der Waals surface area contributed by atoms with Gasteiger partial charge >= 0.3 is 0 Å². The monoisotopic (exact) mass is 608 g/mol. The van der Waals surface area contributed by atoms with Crippen molar-refractivity contribution in [3.8, 4) is 28.7 Å². The summed E-state index contributed by atoms with van der Waals surface area (Å²) in [6, 6.07) is 15.4. The third-order valence-electron chi connectivity index (χ3n) is 7.34. The van der Waals surface area contributed by atoms with Gasteiger partial charge < -0.3 is 34.3 Å². The summed E-state index contributed by atoms with van der Waals surface area (Å²) in [7, 11) is 6.38. The van der Waals surface area contributed by atoms with E-state index in [1.165, 1.54) is 0 Å². The van der Waals surface area contributed by atoms with E-state index in [0.717, 1.165) is 32.7 Å². The average Bonchev–Trinajstić information content (AvgIpc) is 3.14. The number of benzene rings is 3. The third kappa shape index (κ3) is 5.06. The maximum absolute atomic E-state index is 14.0. The highest BCUT2D eigenvalue weighted by Gasteiger charge is 2.37. The van der Waals surface area contributed by atoms with Crippen molar-refractivity contribution in [1.82, 2.24) is 0 Å². The molecule has 1 aliphatic heterocycles. The Morgan fingerprint density at radius 2 is 1.45 bits per heavy atom. The SMILES string of the molecule is CCOc1c(Br)cc([C@@H]2Nc3ccccc3NC3=C2C(=O)C[C@H](c2cc(OC)c(OC)c(OC)c2)C3)cc1OC. The van der Waals surface area contributed by atoms with E-state index in [1.54, 1.807) is 28.4 Å². The number of halogens is 1. The normalized spacial score (nSPS) is 18.0. The zero-order chi connectivity index (χ0) is 28.4. The van der Waals surface area contributed by atoms with Gasteiger partial charge in [-0.15, -0.1) is 0 Å². The van der Waals surface area contributed by atoms with E-state index >= 15 is 0 Å². The molecule has 1 heterocycles. The van der Waals surface area contributed by atoms with Crippen LogP contribution in [0.5, 0.6) is 28.7 Å². The summed E-state index contributed by atoms with van der Waals surface area (Å²) in [5.74, 6) is 2.85. The van der Waals surface area contributed by atoms with E-state index in [9.17, 15) is 4.79 Å². The molecule has 210 valence electrons. The van der Waals surface area contributed by atoms with Crippen LogP contribution in [0.2, 0.25) is 0 Å². The number of hydrogen-bond donors (Lipinski definition) is 2. The fourth-order valence-electron chi connectivity index (χ4n) is 5.51. The van der Waals surface area contributed by atoms with Crippen molar-refractivity contribution in [3.63, 3.8) is 0 Å². The predicted molar refractivity (Wildman–Crippen MR) is 158 cm³/mol. The molecule has 0 aromatic heterocycles. The highest BCUT2D eigenvalue weighted by Crippen LogP contribution is 2.48. The first-order chi connectivity index (χ1) is 19.4. The molecule has 0 fully saturated rings. The molecule has 3 aromatic carbocycles. The Balaban J connectivity index is 1.62. The van der Waals surface area contributed by atoms with Crippen LogP contribution >= 0.6 is 15.9 Å². The summed E-state index contributed by atoms with van der Waals surface area (Å²) in [5, 5.41) is 7.21. The van der Waals surface area contributed by atoms with Crippen molar-refractivity contribution in [2.45, 2.75) is 31.7 Å². The van der Waals surface area contributed by atoms with Gasteiger partial charge in [-0.05, 0) is 82.7 Å². The maximum Gasteiger partial charge on any atom is 0.203 e. The van der Waals surface area contributed by atoms with Crippen molar-refractivity contribution in [2.75, 3.05) is 45.7 Å². The van der Waals surface area contributed by atoms with E-state index in [2.05, 4.69) is 26.6 Å². The Kier molecular flexibility index (Phi) is 8.12. The lowest BCUT2D eigenvalue weighted by Gasteiger charge is -2.30. The van der Waals surface area contributed by atoms with Crippen molar-refractivity contribution < 1.29 is 28.5 Å². The molecule has 40 heavy (non-hydrogen) atoms. The van der Waals surface area contributed by atoms with Gasteiger partial charge in [0.05, 0.1) is 56.9 Å². The summed E-state index contributed by atoms with van der Waals surface area (Å²) >= 11 is 3.66. The van der Waals surface area contributed by atoms with Crippen molar-refractivity contribution in [2.24, 2.45) is 0 Å². The molecule has 0 unspecified atom stereocenters. The Hall–Kier alpha value is -3.85. The fraction of sp³-hybridized carbons (Fsp3) is 0.323. The zero-order valence-corrected chi connectivity index (χ0v) is 24.8. The summed E-state index contributed by atoms with van der Waals surface area (Å²) in [5.41, 5.74) is 5.23. The first-order valence-electron chi connectivity index (χ1n) is 13.1. The number of Topliss-reactive ketones (excluding diaryl/α,β-unsaturated/α-hetero) is 1. The molecule has 0 saturated heterocycles. The molecule has 2 N–H and O–H groups in total. The van der Waals surface area contributed by atoms with Crippen LogP contribution in [0.15, 0.2) is 64.3 Å². The fourth-order valence-corrected chi connectivity index (χ4v) is 6.08. The Labute approximate surface area is 242 Å². The van der Waals surface area contributed by atoms with Gasteiger partial charge in [0.15, 0.2) is 28.8 Å². The Morgan fingerprint density at radius 1 is 0.825 bits per heavy atom. The molecule has 1 aliphatic carbocycles. The molecule has 2 aliphatic rings. The molecule has 9 heteroatoms. The van der Waals surface area contributed by atoms with Crippen molar-refractivity contribution >= 4 is 33.1 Å². The quantitative estimate of drug-likeness (QED) is 0.287. The molecular weight excluding hydrogens is 576 g/mol. The number of fused-ring (bicyclic) bond motifs is 1. The molecular formula is C31H33BrN2O6. The second-order valence-electron chi connectivity index (χ2n) is 9.59. The van der Waals surface area contributed by atoms with Crippen LogP contribution in [-0.4, -0.2) is 40.8 Å². The number of methoxy groups -OCH3 is 4. The van der Waals surface area contributed by atoms with Gasteiger partial charge in [0.1, 0.15) is 0 Å². The lowest BCUT2D eigenvalue weighted by molar-refractivity contribution is -0.116. The standard InChI is InChI=1S/C31H33BrN2O6/c1-6-40-30-20(32)11-19(16-25(30)36-2)29-28-23(33-21-9-7-8-10-22(21)34-29)12-17(13-24(28)35)18-14-26(37-3)31(39-5)27(15-18)38-4/h7-11,14-17,29,33-34H,6,12-13H2,1-5H3/t17-,29+/m1/s1. The number of anilines is 2. The lowest BCUT2D eigenvalue weighted by atomic mass is 9.78. The van der Waals surface area contributed by atoms with Gasteiger partial charge in [0.25, 0.3) is 0 Å².